The molecule has 0 aliphatic heterocycles. The van der Waals surface area contributed by atoms with Crippen molar-refractivity contribution in [2.24, 2.45) is 0 Å². The molecular formula is C9H8F3IO3. The van der Waals surface area contributed by atoms with Gasteiger partial charge in [0.05, 0.1) is 14.2 Å². The summed E-state index contributed by atoms with van der Waals surface area (Å²) in [6.45, 7) is 0. The molecule has 0 heterocycles. The fraction of sp³-hybridized carbons (Fsp3) is 0.333. The van der Waals surface area contributed by atoms with Gasteiger partial charge in [0.2, 0.25) is 0 Å². The van der Waals surface area contributed by atoms with Crippen LogP contribution in [0.2, 0.25) is 0 Å². The molecule has 0 bridgehead atoms. The number of alkyl halides is 3. The summed E-state index contributed by atoms with van der Waals surface area (Å²) in [7, 11) is 2.75. The summed E-state index contributed by atoms with van der Waals surface area (Å²) in [4.78, 5) is 0. The smallest absolute Gasteiger partial charge is 0.493 e. The lowest BCUT2D eigenvalue weighted by Gasteiger charge is -2.14. The van der Waals surface area contributed by atoms with E-state index in [1.54, 1.807) is 22.6 Å². The van der Waals surface area contributed by atoms with Gasteiger partial charge in [0.15, 0.2) is 11.5 Å². The number of rotatable bonds is 3. The minimum absolute atomic E-state index is 0.205. The van der Waals surface area contributed by atoms with Gasteiger partial charge in [0, 0.05) is 0 Å². The highest BCUT2D eigenvalue weighted by atomic mass is 127. The average Bonchev–Trinajstić information content (AvgIpc) is 2.19. The molecule has 0 unspecified atom stereocenters. The third kappa shape index (κ3) is 3.06. The zero-order valence-electron chi connectivity index (χ0n) is 8.39. The minimum atomic E-state index is -4.72. The Morgan fingerprint density at radius 1 is 1.06 bits per heavy atom. The van der Waals surface area contributed by atoms with E-state index < -0.39 is 6.36 Å². The Kier molecular flexibility index (Phi) is 4.11. The summed E-state index contributed by atoms with van der Waals surface area (Å²) in [6.07, 6.45) is -4.72. The molecule has 16 heavy (non-hydrogen) atoms. The summed E-state index contributed by atoms with van der Waals surface area (Å²) in [5.74, 6) is 0.247. The van der Waals surface area contributed by atoms with Crippen LogP contribution < -0.4 is 14.2 Å². The topological polar surface area (TPSA) is 27.7 Å². The molecule has 1 rings (SSSR count). The lowest BCUT2D eigenvalue weighted by Crippen LogP contribution is -2.18. The average molecular weight is 348 g/mol. The molecule has 0 aliphatic rings. The Labute approximate surface area is 104 Å². The number of ether oxygens (including phenoxy) is 3. The van der Waals surface area contributed by atoms with Crippen molar-refractivity contribution >= 4 is 22.6 Å². The molecule has 0 aromatic heterocycles. The summed E-state index contributed by atoms with van der Waals surface area (Å²) >= 11 is 1.70. The van der Waals surface area contributed by atoms with Gasteiger partial charge in [-0.15, -0.1) is 13.2 Å². The van der Waals surface area contributed by atoms with Crippen LogP contribution in [0.15, 0.2) is 12.1 Å². The highest BCUT2D eigenvalue weighted by Crippen LogP contribution is 2.39. The fourth-order valence-electron chi connectivity index (χ4n) is 1.07. The molecule has 0 atom stereocenters. The van der Waals surface area contributed by atoms with Crippen LogP contribution in [0.1, 0.15) is 0 Å². The molecule has 0 aliphatic carbocycles. The molecule has 0 fully saturated rings. The molecular weight excluding hydrogens is 340 g/mol. The first-order valence-electron chi connectivity index (χ1n) is 4.05. The van der Waals surface area contributed by atoms with E-state index in [4.69, 9.17) is 9.47 Å². The maximum atomic E-state index is 12.0. The van der Waals surface area contributed by atoms with Crippen LogP contribution in [0.4, 0.5) is 13.2 Å². The molecule has 0 saturated carbocycles. The predicted molar refractivity (Wildman–Crippen MR) is 58.9 cm³/mol. The van der Waals surface area contributed by atoms with E-state index in [2.05, 4.69) is 4.74 Å². The largest absolute Gasteiger partial charge is 0.573 e. The maximum absolute atomic E-state index is 12.0. The Morgan fingerprint density at radius 3 is 2.06 bits per heavy atom. The van der Waals surface area contributed by atoms with E-state index in [0.29, 0.717) is 5.75 Å². The number of hydrogen-bond acceptors (Lipinski definition) is 3. The Hall–Kier alpha value is -0.860. The molecule has 1 aromatic carbocycles. The molecule has 0 spiro atoms. The van der Waals surface area contributed by atoms with E-state index in [0.717, 1.165) is 0 Å². The van der Waals surface area contributed by atoms with E-state index in [-0.39, 0.29) is 15.1 Å². The second kappa shape index (κ2) is 4.98. The number of methoxy groups -OCH3 is 2. The van der Waals surface area contributed by atoms with Gasteiger partial charge < -0.3 is 14.2 Å². The SMILES string of the molecule is COc1ccc(OC(F)(F)F)c(I)c1OC. The molecule has 0 N–H and O–H groups in total. The van der Waals surface area contributed by atoms with Gasteiger partial charge in [-0.25, -0.2) is 0 Å². The van der Waals surface area contributed by atoms with Gasteiger partial charge in [-0.1, -0.05) is 0 Å². The van der Waals surface area contributed by atoms with Crippen LogP contribution in [-0.2, 0) is 0 Å². The molecule has 0 radical (unpaired) electrons. The van der Waals surface area contributed by atoms with Crippen LogP contribution in [0, 0.1) is 3.57 Å². The number of hydrogen-bond donors (Lipinski definition) is 0. The summed E-state index contributed by atoms with van der Waals surface area (Å²) in [5, 5.41) is 0. The van der Waals surface area contributed by atoms with Gasteiger partial charge in [0.25, 0.3) is 0 Å². The Balaban J connectivity index is 3.14. The van der Waals surface area contributed by atoms with Gasteiger partial charge in [0.1, 0.15) is 9.32 Å². The lowest BCUT2D eigenvalue weighted by molar-refractivity contribution is -0.275. The number of halogens is 4. The van der Waals surface area contributed by atoms with Crippen LogP contribution in [0.3, 0.4) is 0 Å². The third-order valence-electron chi connectivity index (χ3n) is 1.68. The predicted octanol–water partition coefficient (Wildman–Crippen LogP) is 3.21. The van der Waals surface area contributed by atoms with Crippen molar-refractivity contribution in [1.29, 1.82) is 0 Å². The Bertz CT molecular complexity index is 379. The molecule has 7 heteroatoms. The summed E-state index contributed by atoms with van der Waals surface area (Å²) in [6, 6.07) is 2.53. The quantitative estimate of drug-likeness (QED) is 0.786. The Morgan fingerprint density at radius 2 is 1.62 bits per heavy atom. The van der Waals surface area contributed by atoms with Crippen molar-refractivity contribution in [3.63, 3.8) is 0 Å². The minimum Gasteiger partial charge on any atom is -0.493 e. The van der Waals surface area contributed by atoms with E-state index in [1.165, 1.54) is 26.4 Å². The van der Waals surface area contributed by atoms with Gasteiger partial charge >= 0.3 is 6.36 Å². The number of benzene rings is 1. The van der Waals surface area contributed by atoms with Crippen LogP contribution in [0.5, 0.6) is 17.2 Å². The first kappa shape index (κ1) is 13.2. The first-order chi connectivity index (χ1) is 7.39. The van der Waals surface area contributed by atoms with Crippen LogP contribution >= 0.6 is 22.6 Å². The van der Waals surface area contributed by atoms with Crippen molar-refractivity contribution in [3.8, 4) is 17.2 Å². The fourth-order valence-corrected chi connectivity index (χ4v) is 1.85. The van der Waals surface area contributed by atoms with Crippen molar-refractivity contribution in [3.05, 3.63) is 15.7 Å². The van der Waals surface area contributed by atoms with Gasteiger partial charge in [-0.3, -0.25) is 0 Å². The summed E-state index contributed by atoms with van der Waals surface area (Å²) in [5.41, 5.74) is 0. The monoisotopic (exact) mass is 348 g/mol. The van der Waals surface area contributed by atoms with Gasteiger partial charge in [-0.05, 0) is 34.7 Å². The molecule has 1 aromatic rings. The maximum Gasteiger partial charge on any atom is 0.573 e. The zero-order chi connectivity index (χ0) is 12.3. The normalized spacial score (nSPS) is 11.1. The zero-order valence-corrected chi connectivity index (χ0v) is 10.5. The van der Waals surface area contributed by atoms with Crippen LogP contribution in [0.25, 0.3) is 0 Å². The van der Waals surface area contributed by atoms with Crippen molar-refractivity contribution in [1.82, 2.24) is 0 Å². The van der Waals surface area contributed by atoms with Crippen molar-refractivity contribution in [2.75, 3.05) is 14.2 Å². The third-order valence-corrected chi connectivity index (χ3v) is 2.70. The summed E-state index contributed by atoms with van der Waals surface area (Å²) < 4.78 is 50.0. The second-order valence-corrected chi connectivity index (χ2v) is 3.74. The lowest BCUT2D eigenvalue weighted by atomic mass is 10.3. The van der Waals surface area contributed by atoms with Crippen molar-refractivity contribution in [2.45, 2.75) is 6.36 Å². The van der Waals surface area contributed by atoms with E-state index in [9.17, 15) is 13.2 Å². The molecule has 3 nitrogen and oxygen atoms in total. The first-order valence-corrected chi connectivity index (χ1v) is 5.13. The van der Waals surface area contributed by atoms with E-state index in [1.807, 2.05) is 0 Å². The van der Waals surface area contributed by atoms with Gasteiger partial charge in [-0.2, -0.15) is 0 Å². The van der Waals surface area contributed by atoms with E-state index >= 15 is 0 Å². The molecule has 90 valence electrons. The molecule has 0 saturated heterocycles. The van der Waals surface area contributed by atoms with Crippen LogP contribution in [-0.4, -0.2) is 20.6 Å². The second-order valence-electron chi connectivity index (χ2n) is 2.66. The highest BCUT2D eigenvalue weighted by molar-refractivity contribution is 14.1. The van der Waals surface area contributed by atoms with Crippen molar-refractivity contribution < 1.29 is 27.4 Å². The standard InChI is InChI=1S/C9H8F3IO3/c1-14-6-4-3-5(16-9(10,11)12)7(13)8(6)15-2/h3-4H,1-2H3. The molecule has 0 amide bonds. The highest BCUT2D eigenvalue weighted by Gasteiger charge is 2.32.